The second kappa shape index (κ2) is 12.0. The topological polar surface area (TPSA) is 26.8 Å². The summed E-state index contributed by atoms with van der Waals surface area (Å²) in [6, 6.07) is 19.5. The zero-order valence-electron chi connectivity index (χ0n) is 19.6. The Hall–Kier alpha value is -2.17. The van der Waals surface area contributed by atoms with Crippen LogP contribution in [-0.2, 0) is 13.0 Å². The summed E-state index contributed by atoms with van der Waals surface area (Å²) in [5.41, 5.74) is 3.49. The largest absolute Gasteiger partial charge is 0.337 e. The van der Waals surface area contributed by atoms with Gasteiger partial charge in [0.1, 0.15) is 0 Å². The van der Waals surface area contributed by atoms with Gasteiger partial charge in [0.25, 0.3) is 5.91 Å². The van der Waals surface area contributed by atoms with Gasteiger partial charge in [-0.25, -0.2) is 0 Å². The number of rotatable bonds is 9. The van der Waals surface area contributed by atoms with E-state index in [-0.39, 0.29) is 5.91 Å². The molecule has 3 rings (SSSR count). The number of carbonyl (C=O) groups excluding carboxylic acids is 1. The van der Waals surface area contributed by atoms with Crippen molar-refractivity contribution < 1.29 is 4.79 Å². The van der Waals surface area contributed by atoms with E-state index >= 15 is 0 Å². The molecule has 0 radical (unpaired) electrons. The number of nitrogens with zero attached hydrogens (tertiary/aromatic N) is 3. The van der Waals surface area contributed by atoms with Crippen molar-refractivity contribution in [2.75, 3.05) is 39.3 Å². The third-order valence-corrected chi connectivity index (χ3v) is 6.38. The predicted molar refractivity (Wildman–Crippen MR) is 129 cm³/mol. The lowest BCUT2D eigenvalue weighted by molar-refractivity contribution is 0.0761. The third-order valence-electron chi connectivity index (χ3n) is 6.38. The summed E-state index contributed by atoms with van der Waals surface area (Å²) in [7, 11) is 0. The normalized spacial score (nSPS) is 15.5. The molecule has 2 aromatic rings. The van der Waals surface area contributed by atoms with Gasteiger partial charge in [-0.15, -0.1) is 0 Å². The van der Waals surface area contributed by atoms with Crippen LogP contribution < -0.4 is 0 Å². The van der Waals surface area contributed by atoms with Crippen molar-refractivity contribution in [1.29, 1.82) is 0 Å². The van der Waals surface area contributed by atoms with Gasteiger partial charge in [-0.05, 0) is 76.0 Å². The van der Waals surface area contributed by atoms with Crippen molar-refractivity contribution in [3.8, 4) is 0 Å². The summed E-state index contributed by atoms with van der Waals surface area (Å²) < 4.78 is 0. The molecular weight excluding hydrogens is 382 g/mol. The molecule has 0 aliphatic carbocycles. The van der Waals surface area contributed by atoms with E-state index in [4.69, 9.17) is 0 Å². The molecule has 0 N–H and O–H groups in total. The van der Waals surface area contributed by atoms with Crippen LogP contribution in [0.25, 0.3) is 0 Å². The molecule has 1 amide bonds. The molecule has 31 heavy (non-hydrogen) atoms. The van der Waals surface area contributed by atoms with Crippen LogP contribution in [0.5, 0.6) is 0 Å². The zero-order valence-corrected chi connectivity index (χ0v) is 19.6. The number of benzene rings is 2. The van der Waals surface area contributed by atoms with E-state index in [0.29, 0.717) is 6.04 Å². The smallest absolute Gasteiger partial charge is 0.253 e. The van der Waals surface area contributed by atoms with Gasteiger partial charge in [0.15, 0.2) is 0 Å². The van der Waals surface area contributed by atoms with E-state index in [1.54, 1.807) is 0 Å². The molecule has 0 bridgehead atoms. The Kier molecular flexibility index (Phi) is 9.11. The molecule has 2 aromatic carbocycles. The molecular formula is C27H39N3O. The van der Waals surface area contributed by atoms with Gasteiger partial charge < -0.3 is 9.80 Å². The van der Waals surface area contributed by atoms with Crippen LogP contribution in [0.3, 0.4) is 0 Å². The minimum Gasteiger partial charge on any atom is -0.337 e. The van der Waals surface area contributed by atoms with Gasteiger partial charge >= 0.3 is 0 Å². The fourth-order valence-corrected chi connectivity index (χ4v) is 4.38. The van der Waals surface area contributed by atoms with Gasteiger partial charge in [-0.1, -0.05) is 49.4 Å². The van der Waals surface area contributed by atoms with E-state index in [1.165, 1.54) is 17.5 Å². The standard InChI is InChI=1S/C27H39N3O/c1-4-29(23(2)3)22-25-13-15-26(16-14-25)27(31)30-19-9-18-28(20-21-30)17-8-12-24-10-6-5-7-11-24/h5-7,10-11,13-16,23H,4,8-9,12,17-22H2,1-3H3. The maximum Gasteiger partial charge on any atom is 0.253 e. The Bertz CT molecular complexity index is 788. The lowest BCUT2D eigenvalue weighted by Gasteiger charge is -2.25. The van der Waals surface area contributed by atoms with Crippen LogP contribution in [0.1, 0.15) is 55.1 Å². The second-order valence-electron chi connectivity index (χ2n) is 8.93. The molecule has 4 heteroatoms. The van der Waals surface area contributed by atoms with Crippen LogP contribution in [0.2, 0.25) is 0 Å². The lowest BCUT2D eigenvalue weighted by atomic mass is 10.1. The van der Waals surface area contributed by atoms with Crippen molar-refractivity contribution in [2.24, 2.45) is 0 Å². The Morgan fingerprint density at radius 2 is 1.68 bits per heavy atom. The number of aryl methyl sites for hydroxylation is 1. The average molecular weight is 422 g/mol. The maximum absolute atomic E-state index is 13.1. The SMILES string of the molecule is CCN(Cc1ccc(C(=O)N2CCCN(CCCc3ccccc3)CC2)cc1)C(C)C. The molecule has 168 valence electrons. The summed E-state index contributed by atoms with van der Waals surface area (Å²) in [5.74, 6) is 0.175. The van der Waals surface area contributed by atoms with Gasteiger partial charge in [-0.2, -0.15) is 0 Å². The molecule has 0 spiro atoms. The van der Waals surface area contributed by atoms with Gasteiger partial charge in [-0.3, -0.25) is 9.69 Å². The molecule has 0 saturated carbocycles. The van der Waals surface area contributed by atoms with E-state index in [2.05, 4.69) is 73.0 Å². The number of amides is 1. The van der Waals surface area contributed by atoms with Crippen LogP contribution in [0.4, 0.5) is 0 Å². The Morgan fingerprint density at radius 3 is 2.35 bits per heavy atom. The first-order valence-electron chi connectivity index (χ1n) is 12.0. The first-order chi connectivity index (χ1) is 15.1. The fraction of sp³-hybridized carbons (Fsp3) is 0.519. The van der Waals surface area contributed by atoms with Crippen LogP contribution in [0.15, 0.2) is 54.6 Å². The fourth-order valence-electron chi connectivity index (χ4n) is 4.38. The molecule has 1 saturated heterocycles. The zero-order chi connectivity index (χ0) is 22.1. The third kappa shape index (κ3) is 7.19. The summed E-state index contributed by atoms with van der Waals surface area (Å²) >= 11 is 0. The van der Waals surface area contributed by atoms with Crippen molar-refractivity contribution in [3.63, 3.8) is 0 Å². The Morgan fingerprint density at radius 1 is 0.935 bits per heavy atom. The van der Waals surface area contributed by atoms with Crippen molar-refractivity contribution in [1.82, 2.24) is 14.7 Å². The lowest BCUT2D eigenvalue weighted by Crippen LogP contribution is -2.35. The van der Waals surface area contributed by atoms with E-state index in [1.807, 2.05) is 17.0 Å². The number of hydrogen-bond donors (Lipinski definition) is 0. The molecule has 1 fully saturated rings. The van der Waals surface area contributed by atoms with Crippen LogP contribution in [0, 0.1) is 0 Å². The highest BCUT2D eigenvalue weighted by molar-refractivity contribution is 5.94. The summed E-state index contributed by atoms with van der Waals surface area (Å²) in [6.45, 7) is 13.5. The second-order valence-corrected chi connectivity index (χ2v) is 8.93. The average Bonchev–Trinajstić information content (AvgIpc) is 3.04. The monoisotopic (exact) mass is 421 g/mol. The molecule has 1 aliphatic heterocycles. The van der Waals surface area contributed by atoms with E-state index in [9.17, 15) is 4.79 Å². The highest BCUT2D eigenvalue weighted by atomic mass is 16.2. The molecule has 1 aliphatic rings. The minimum absolute atomic E-state index is 0.175. The summed E-state index contributed by atoms with van der Waals surface area (Å²) in [4.78, 5) is 20.0. The molecule has 4 nitrogen and oxygen atoms in total. The number of hydrogen-bond acceptors (Lipinski definition) is 3. The first kappa shape index (κ1) is 23.5. The summed E-state index contributed by atoms with van der Waals surface area (Å²) in [5, 5.41) is 0. The Balaban J connectivity index is 1.47. The van der Waals surface area contributed by atoms with Crippen LogP contribution >= 0.6 is 0 Å². The highest BCUT2D eigenvalue weighted by Gasteiger charge is 2.20. The minimum atomic E-state index is 0.175. The molecule has 0 aromatic heterocycles. The Labute approximate surface area is 188 Å². The van der Waals surface area contributed by atoms with Crippen molar-refractivity contribution in [3.05, 3.63) is 71.3 Å². The van der Waals surface area contributed by atoms with E-state index in [0.717, 1.165) is 64.2 Å². The van der Waals surface area contributed by atoms with Gasteiger partial charge in [0.2, 0.25) is 0 Å². The molecule has 0 atom stereocenters. The van der Waals surface area contributed by atoms with Gasteiger partial charge in [0.05, 0.1) is 0 Å². The predicted octanol–water partition coefficient (Wildman–Crippen LogP) is 4.70. The van der Waals surface area contributed by atoms with Crippen LogP contribution in [-0.4, -0.2) is 65.9 Å². The highest BCUT2D eigenvalue weighted by Crippen LogP contribution is 2.14. The number of carbonyl (C=O) groups is 1. The quantitative estimate of drug-likeness (QED) is 0.587. The van der Waals surface area contributed by atoms with E-state index < -0.39 is 0 Å². The molecule has 1 heterocycles. The molecule has 0 unspecified atom stereocenters. The van der Waals surface area contributed by atoms with Gasteiger partial charge in [0, 0.05) is 37.8 Å². The van der Waals surface area contributed by atoms with Crippen molar-refractivity contribution >= 4 is 5.91 Å². The first-order valence-corrected chi connectivity index (χ1v) is 12.0. The van der Waals surface area contributed by atoms with Crippen molar-refractivity contribution in [2.45, 2.75) is 52.6 Å². The summed E-state index contributed by atoms with van der Waals surface area (Å²) in [6.07, 6.45) is 3.35. The maximum atomic E-state index is 13.1.